The number of aromatic nitrogens is 2. The maximum Gasteiger partial charge on any atom is 0.332 e. The molecule has 0 radical (unpaired) electrons. The van der Waals surface area contributed by atoms with Crippen LogP contribution in [0.3, 0.4) is 0 Å². The first kappa shape index (κ1) is 22.7. The van der Waals surface area contributed by atoms with Gasteiger partial charge in [0.15, 0.2) is 0 Å². The predicted octanol–water partition coefficient (Wildman–Crippen LogP) is 2.34. The van der Waals surface area contributed by atoms with Gasteiger partial charge in [0.25, 0.3) is 5.56 Å². The Hall–Kier alpha value is -1.97. The van der Waals surface area contributed by atoms with Gasteiger partial charge in [0, 0.05) is 24.1 Å². The van der Waals surface area contributed by atoms with Crippen molar-refractivity contribution >= 4 is 27.5 Å². The average Bonchev–Trinajstić information content (AvgIpc) is 3.41. The fourth-order valence-corrected chi connectivity index (χ4v) is 4.67. The topological polar surface area (TPSA) is 91.6 Å². The molecule has 0 amide bonds. The molecule has 1 aliphatic carbocycles. The number of hydrogen-bond donors (Lipinski definition) is 1. The minimum absolute atomic E-state index is 0.000729. The second kappa shape index (κ2) is 9.03. The molecule has 1 aliphatic rings. The van der Waals surface area contributed by atoms with Gasteiger partial charge in [0.2, 0.25) is 0 Å². The summed E-state index contributed by atoms with van der Waals surface area (Å²) in [5, 5.41) is 3.69. The molecule has 8 nitrogen and oxygen atoms in total. The van der Waals surface area contributed by atoms with Gasteiger partial charge in [0.05, 0.1) is 25.1 Å². The zero-order chi connectivity index (χ0) is 22.1. The van der Waals surface area contributed by atoms with Crippen molar-refractivity contribution in [2.75, 3.05) is 19.8 Å². The SMILES string of the molecule is CCOCCn1c(=O)n(C2CC2)c(=O)c2c(C)c(CNCC(=O)OC(C)(C)C)sc21. The smallest absolute Gasteiger partial charge is 0.332 e. The molecule has 2 heterocycles. The molecule has 0 atom stereocenters. The fourth-order valence-electron chi connectivity index (χ4n) is 3.39. The molecule has 0 spiro atoms. The number of fused-ring (bicyclic) bond motifs is 1. The summed E-state index contributed by atoms with van der Waals surface area (Å²) in [4.78, 5) is 39.7. The third kappa shape index (κ3) is 5.01. The van der Waals surface area contributed by atoms with Crippen molar-refractivity contribution in [2.24, 2.45) is 0 Å². The van der Waals surface area contributed by atoms with Crippen molar-refractivity contribution in [2.45, 2.75) is 72.2 Å². The number of thiophene rings is 1. The van der Waals surface area contributed by atoms with E-state index in [0.717, 1.165) is 23.3 Å². The highest BCUT2D eigenvalue weighted by Crippen LogP contribution is 2.34. The molecule has 0 aromatic carbocycles. The van der Waals surface area contributed by atoms with Gasteiger partial charge in [-0.1, -0.05) is 0 Å². The van der Waals surface area contributed by atoms with Crippen LogP contribution in [-0.2, 0) is 27.4 Å². The molecule has 1 fully saturated rings. The van der Waals surface area contributed by atoms with E-state index in [1.54, 1.807) is 4.57 Å². The van der Waals surface area contributed by atoms with Gasteiger partial charge in [0.1, 0.15) is 10.4 Å². The number of nitrogens with one attached hydrogen (secondary N) is 1. The predicted molar refractivity (Wildman–Crippen MR) is 117 cm³/mol. The van der Waals surface area contributed by atoms with Gasteiger partial charge >= 0.3 is 11.7 Å². The Labute approximate surface area is 179 Å². The Kier molecular flexibility index (Phi) is 6.84. The fraction of sp³-hybridized carbons (Fsp3) is 0.667. The number of rotatable bonds is 9. The highest BCUT2D eigenvalue weighted by Gasteiger charge is 2.30. The Balaban J connectivity index is 1.90. The van der Waals surface area contributed by atoms with Crippen LogP contribution in [0, 0.1) is 6.92 Å². The monoisotopic (exact) mass is 437 g/mol. The molecule has 1 saturated carbocycles. The lowest BCUT2D eigenvalue weighted by atomic mass is 10.2. The van der Waals surface area contributed by atoms with Gasteiger partial charge in [-0.05, 0) is 53.0 Å². The molecule has 166 valence electrons. The first-order valence-corrected chi connectivity index (χ1v) is 11.2. The highest BCUT2D eigenvalue weighted by molar-refractivity contribution is 7.18. The van der Waals surface area contributed by atoms with Crippen LogP contribution in [0.2, 0.25) is 0 Å². The van der Waals surface area contributed by atoms with Gasteiger partial charge in [-0.25, -0.2) is 4.79 Å². The largest absolute Gasteiger partial charge is 0.459 e. The van der Waals surface area contributed by atoms with E-state index in [1.807, 2.05) is 34.6 Å². The maximum atomic E-state index is 13.1. The summed E-state index contributed by atoms with van der Waals surface area (Å²) in [6.45, 7) is 11.2. The third-order valence-corrected chi connectivity index (χ3v) is 6.21. The first-order chi connectivity index (χ1) is 14.1. The normalized spacial score (nSPS) is 14.4. The van der Waals surface area contributed by atoms with Crippen LogP contribution in [-0.4, -0.2) is 40.5 Å². The van der Waals surface area contributed by atoms with Crippen molar-refractivity contribution in [3.8, 4) is 0 Å². The highest BCUT2D eigenvalue weighted by atomic mass is 32.1. The van der Waals surface area contributed by atoms with Crippen LogP contribution in [0.1, 0.15) is 57.0 Å². The average molecular weight is 438 g/mol. The van der Waals surface area contributed by atoms with Crippen LogP contribution in [0.4, 0.5) is 0 Å². The van der Waals surface area contributed by atoms with Gasteiger partial charge in [-0.15, -0.1) is 11.3 Å². The van der Waals surface area contributed by atoms with Crippen molar-refractivity contribution in [1.29, 1.82) is 0 Å². The van der Waals surface area contributed by atoms with Crippen molar-refractivity contribution in [3.63, 3.8) is 0 Å². The van der Waals surface area contributed by atoms with E-state index in [9.17, 15) is 14.4 Å². The lowest BCUT2D eigenvalue weighted by molar-refractivity contribution is -0.153. The van der Waals surface area contributed by atoms with Crippen molar-refractivity contribution < 1.29 is 14.3 Å². The zero-order valence-corrected chi connectivity index (χ0v) is 19.2. The molecule has 2 aromatic heterocycles. The standard InChI is InChI=1S/C21H31N3O5S/c1-6-28-10-9-23-19-17(18(26)24(20(23)27)14-7-8-14)13(2)15(30-19)11-22-12-16(25)29-21(3,4)5/h14,22H,6-12H2,1-5H3. The number of ether oxygens (including phenoxy) is 2. The summed E-state index contributed by atoms with van der Waals surface area (Å²) in [5.41, 5.74) is -0.144. The molecule has 0 bridgehead atoms. The number of nitrogens with zero attached hydrogens (tertiary/aromatic N) is 2. The number of esters is 1. The van der Waals surface area contributed by atoms with E-state index >= 15 is 0 Å². The minimum Gasteiger partial charge on any atom is -0.459 e. The summed E-state index contributed by atoms with van der Waals surface area (Å²) >= 11 is 1.42. The number of carbonyl (C=O) groups excluding carboxylic acids is 1. The summed E-state index contributed by atoms with van der Waals surface area (Å²) in [6.07, 6.45) is 1.72. The van der Waals surface area contributed by atoms with E-state index in [0.29, 0.717) is 36.5 Å². The number of hydrogen-bond acceptors (Lipinski definition) is 7. The van der Waals surface area contributed by atoms with Crippen molar-refractivity contribution in [3.05, 3.63) is 31.3 Å². The molecular weight excluding hydrogens is 406 g/mol. The van der Waals surface area contributed by atoms with E-state index < -0.39 is 5.60 Å². The molecule has 0 unspecified atom stereocenters. The molecule has 0 aliphatic heterocycles. The summed E-state index contributed by atoms with van der Waals surface area (Å²) in [5.74, 6) is -0.328. The number of carbonyl (C=O) groups is 1. The van der Waals surface area contributed by atoms with Crippen LogP contribution in [0.5, 0.6) is 0 Å². The Morgan fingerprint density at radius 2 is 1.97 bits per heavy atom. The van der Waals surface area contributed by atoms with Crippen LogP contribution < -0.4 is 16.6 Å². The van der Waals surface area contributed by atoms with E-state index in [4.69, 9.17) is 9.47 Å². The summed E-state index contributed by atoms with van der Waals surface area (Å²) < 4.78 is 13.8. The molecule has 30 heavy (non-hydrogen) atoms. The number of aryl methyl sites for hydroxylation is 1. The Morgan fingerprint density at radius 1 is 1.27 bits per heavy atom. The Bertz CT molecular complexity index is 1040. The second-order valence-corrected chi connectivity index (χ2v) is 9.64. The molecule has 1 N–H and O–H groups in total. The molecule has 0 saturated heterocycles. The van der Waals surface area contributed by atoms with E-state index in [1.165, 1.54) is 15.9 Å². The lowest BCUT2D eigenvalue weighted by Gasteiger charge is -2.19. The quantitative estimate of drug-likeness (QED) is 0.478. The molecular formula is C21H31N3O5S. The van der Waals surface area contributed by atoms with Gasteiger partial charge < -0.3 is 14.8 Å². The van der Waals surface area contributed by atoms with Crippen LogP contribution >= 0.6 is 11.3 Å². The molecule has 2 aromatic rings. The minimum atomic E-state index is -0.531. The van der Waals surface area contributed by atoms with Crippen LogP contribution in [0.25, 0.3) is 10.2 Å². The lowest BCUT2D eigenvalue weighted by Crippen LogP contribution is -2.40. The molecule has 9 heteroatoms. The third-order valence-electron chi connectivity index (χ3n) is 4.89. The van der Waals surface area contributed by atoms with E-state index in [2.05, 4.69) is 5.32 Å². The van der Waals surface area contributed by atoms with Gasteiger partial charge in [-0.3, -0.25) is 18.7 Å². The summed E-state index contributed by atoms with van der Waals surface area (Å²) in [6, 6.07) is 0.000729. The molecule has 3 rings (SSSR count). The summed E-state index contributed by atoms with van der Waals surface area (Å²) in [7, 11) is 0. The maximum absolute atomic E-state index is 13.1. The Morgan fingerprint density at radius 3 is 2.57 bits per heavy atom. The van der Waals surface area contributed by atoms with E-state index in [-0.39, 0.29) is 29.8 Å². The second-order valence-electron chi connectivity index (χ2n) is 8.56. The van der Waals surface area contributed by atoms with Crippen molar-refractivity contribution in [1.82, 2.24) is 14.5 Å². The van der Waals surface area contributed by atoms with Gasteiger partial charge in [-0.2, -0.15) is 0 Å². The van der Waals surface area contributed by atoms with Crippen LogP contribution in [0.15, 0.2) is 9.59 Å². The zero-order valence-electron chi connectivity index (χ0n) is 18.4. The first-order valence-electron chi connectivity index (χ1n) is 10.4.